The maximum atomic E-state index is 12.7. The van der Waals surface area contributed by atoms with Gasteiger partial charge in [-0.15, -0.1) is 0 Å². The quantitative estimate of drug-likeness (QED) is 0.703. The van der Waals surface area contributed by atoms with Gasteiger partial charge in [0.1, 0.15) is 6.54 Å². The summed E-state index contributed by atoms with van der Waals surface area (Å²) in [6.45, 7) is 4.67. The topological polar surface area (TPSA) is 15.3 Å². The second kappa shape index (κ2) is 8.49. The summed E-state index contributed by atoms with van der Waals surface area (Å²) < 4.78 is 38.2. The molecule has 0 radical (unpaired) electrons. The molecule has 0 atom stereocenters. The molecule has 0 amide bonds. The van der Waals surface area contributed by atoms with Crippen molar-refractivity contribution < 1.29 is 13.2 Å². The molecule has 0 aliphatic carbocycles. The van der Waals surface area contributed by atoms with Crippen LogP contribution < -0.4 is 10.2 Å². The van der Waals surface area contributed by atoms with Gasteiger partial charge < -0.3 is 10.2 Å². The number of alkyl halides is 3. The van der Waals surface area contributed by atoms with Crippen LogP contribution in [0.3, 0.4) is 0 Å². The fourth-order valence-electron chi connectivity index (χ4n) is 2.18. The lowest BCUT2D eigenvalue weighted by molar-refractivity contribution is -0.119. The Hall–Kier alpha value is -0.940. The number of benzene rings is 1. The predicted molar refractivity (Wildman–Crippen MR) is 82.0 cm³/mol. The maximum Gasteiger partial charge on any atom is 0.405 e. The van der Waals surface area contributed by atoms with Crippen LogP contribution in [0.15, 0.2) is 18.2 Å². The highest BCUT2D eigenvalue weighted by Crippen LogP contribution is 2.28. The van der Waals surface area contributed by atoms with Crippen LogP contribution in [-0.2, 0) is 6.54 Å². The first-order valence-corrected chi connectivity index (χ1v) is 7.56. The molecule has 0 saturated carbocycles. The van der Waals surface area contributed by atoms with Crippen molar-refractivity contribution in [2.75, 3.05) is 24.5 Å². The van der Waals surface area contributed by atoms with Crippen molar-refractivity contribution in [3.63, 3.8) is 0 Å². The first-order chi connectivity index (χ1) is 9.87. The molecule has 1 aromatic carbocycles. The number of rotatable bonds is 8. The molecular formula is C15H22ClF3N2. The average molecular weight is 323 g/mol. The van der Waals surface area contributed by atoms with E-state index in [1.54, 1.807) is 18.2 Å². The largest absolute Gasteiger partial charge is 0.405 e. The second-order valence-electron chi connectivity index (χ2n) is 4.99. The van der Waals surface area contributed by atoms with Gasteiger partial charge in [-0.05, 0) is 43.1 Å². The minimum Gasteiger partial charge on any atom is -0.362 e. The van der Waals surface area contributed by atoms with Gasteiger partial charge in [0.2, 0.25) is 0 Å². The van der Waals surface area contributed by atoms with Gasteiger partial charge in [-0.3, -0.25) is 0 Å². The van der Waals surface area contributed by atoms with Gasteiger partial charge in [-0.25, -0.2) is 0 Å². The molecular weight excluding hydrogens is 301 g/mol. The standard InChI is InChI=1S/C15H22ClF3N2/c1-3-7-20-10-12-9-13(16)5-6-14(12)21(8-4-2)11-15(17,18)19/h5-6,9,20H,3-4,7-8,10-11H2,1-2H3. The molecule has 0 aromatic heterocycles. The van der Waals surface area contributed by atoms with Crippen LogP contribution in [0.4, 0.5) is 18.9 Å². The lowest BCUT2D eigenvalue weighted by atomic mass is 10.1. The summed E-state index contributed by atoms with van der Waals surface area (Å²) >= 11 is 5.98. The highest BCUT2D eigenvalue weighted by Gasteiger charge is 2.31. The van der Waals surface area contributed by atoms with Gasteiger partial charge in [0.05, 0.1) is 0 Å². The number of nitrogens with one attached hydrogen (secondary N) is 1. The van der Waals surface area contributed by atoms with E-state index in [0.29, 0.717) is 30.2 Å². The van der Waals surface area contributed by atoms with Gasteiger partial charge in [0.25, 0.3) is 0 Å². The van der Waals surface area contributed by atoms with Crippen LogP contribution in [0.1, 0.15) is 32.3 Å². The summed E-state index contributed by atoms with van der Waals surface area (Å²) in [5.74, 6) is 0. The van der Waals surface area contributed by atoms with E-state index in [1.807, 2.05) is 13.8 Å². The van der Waals surface area contributed by atoms with Crippen molar-refractivity contribution in [3.05, 3.63) is 28.8 Å². The molecule has 0 heterocycles. The Morgan fingerprint density at radius 1 is 1.19 bits per heavy atom. The molecule has 0 saturated heterocycles. The summed E-state index contributed by atoms with van der Waals surface area (Å²) in [6.07, 6.45) is -2.60. The molecule has 1 aromatic rings. The first kappa shape index (κ1) is 18.1. The molecule has 1 N–H and O–H groups in total. The normalized spacial score (nSPS) is 11.7. The summed E-state index contributed by atoms with van der Waals surface area (Å²) in [7, 11) is 0. The number of halogens is 4. The lowest BCUT2D eigenvalue weighted by Gasteiger charge is -2.28. The maximum absolute atomic E-state index is 12.7. The molecule has 120 valence electrons. The third kappa shape index (κ3) is 6.57. The van der Waals surface area contributed by atoms with E-state index >= 15 is 0 Å². The molecule has 0 fully saturated rings. The van der Waals surface area contributed by atoms with E-state index in [4.69, 9.17) is 11.6 Å². The Bertz CT molecular complexity index is 435. The highest BCUT2D eigenvalue weighted by molar-refractivity contribution is 6.30. The minimum atomic E-state index is -4.22. The van der Waals surface area contributed by atoms with Gasteiger partial charge in [-0.2, -0.15) is 13.2 Å². The van der Waals surface area contributed by atoms with E-state index < -0.39 is 12.7 Å². The van der Waals surface area contributed by atoms with E-state index in [2.05, 4.69) is 5.32 Å². The fraction of sp³-hybridized carbons (Fsp3) is 0.600. The van der Waals surface area contributed by atoms with Gasteiger partial charge in [0.15, 0.2) is 0 Å². The highest BCUT2D eigenvalue weighted by atomic mass is 35.5. The van der Waals surface area contributed by atoms with Gasteiger partial charge in [-0.1, -0.05) is 25.4 Å². The molecule has 21 heavy (non-hydrogen) atoms. The summed E-state index contributed by atoms with van der Waals surface area (Å²) in [5.41, 5.74) is 1.40. The molecule has 0 bridgehead atoms. The monoisotopic (exact) mass is 322 g/mol. The van der Waals surface area contributed by atoms with Crippen LogP contribution in [0.5, 0.6) is 0 Å². The van der Waals surface area contributed by atoms with Crippen molar-refractivity contribution in [2.45, 2.75) is 39.4 Å². The van der Waals surface area contributed by atoms with E-state index in [-0.39, 0.29) is 0 Å². The van der Waals surface area contributed by atoms with Gasteiger partial charge >= 0.3 is 6.18 Å². The molecule has 0 unspecified atom stereocenters. The number of hydrogen-bond donors (Lipinski definition) is 1. The Kier molecular flexibility index (Phi) is 7.32. The van der Waals surface area contributed by atoms with E-state index in [9.17, 15) is 13.2 Å². The Morgan fingerprint density at radius 3 is 2.48 bits per heavy atom. The number of anilines is 1. The molecule has 0 spiro atoms. The lowest BCUT2D eigenvalue weighted by Crippen LogP contribution is -2.35. The molecule has 6 heteroatoms. The van der Waals surface area contributed by atoms with Crippen LogP contribution >= 0.6 is 11.6 Å². The smallest absolute Gasteiger partial charge is 0.362 e. The Morgan fingerprint density at radius 2 is 1.90 bits per heavy atom. The third-order valence-corrected chi connectivity index (χ3v) is 3.22. The number of nitrogens with zero attached hydrogens (tertiary/aromatic N) is 1. The number of hydrogen-bond acceptors (Lipinski definition) is 2. The zero-order valence-electron chi connectivity index (χ0n) is 12.4. The molecule has 0 aliphatic rings. The van der Waals surface area contributed by atoms with Crippen molar-refractivity contribution in [1.82, 2.24) is 5.32 Å². The van der Waals surface area contributed by atoms with Crippen molar-refractivity contribution in [3.8, 4) is 0 Å². The minimum absolute atomic E-state index is 0.363. The zero-order valence-corrected chi connectivity index (χ0v) is 13.2. The zero-order chi connectivity index (χ0) is 15.9. The van der Waals surface area contributed by atoms with E-state index in [0.717, 1.165) is 18.5 Å². The Labute approximate surface area is 129 Å². The van der Waals surface area contributed by atoms with Crippen LogP contribution in [-0.4, -0.2) is 25.8 Å². The molecule has 2 nitrogen and oxygen atoms in total. The molecule has 1 rings (SSSR count). The molecule has 0 aliphatic heterocycles. The summed E-state index contributed by atoms with van der Waals surface area (Å²) in [6, 6.07) is 5.05. The fourth-order valence-corrected chi connectivity index (χ4v) is 2.37. The van der Waals surface area contributed by atoms with E-state index in [1.165, 1.54) is 4.90 Å². The Balaban J connectivity index is 2.99. The average Bonchev–Trinajstić information content (AvgIpc) is 2.37. The van der Waals surface area contributed by atoms with Crippen LogP contribution in [0.25, 0.3) is 0 Å². The SMILES string of the molecule is CCCNCc1cc(Cl)ccc1N(CCC)CC(F)(F)F. The first-order valence-electron chi connectivity index (χ1n) is 7.18. The van der Waals surface area contributed by atoms with Crippen molar-refractivity contribution in [1.29, 1.82) is 0 Å². The van der Waals surface area contributed by atoms with Crippen molar-refractivity contribution >= 4 is 17.3 Å². The van der Waals surface area contributed by atoms with Crippen LogP contribution in [0, 0.1) is 0 Å². The van der Waals surface area contributed by atoms with Gasteiger partial charge in [0, 0.05) is 23.8 Å². The predicted octanol–water partition coefficient (Wildman–Crippen LogP) is 4.62. The summed E-state index contributed by atoms with van der Waals surface area (Å²) in [4.78, 5) is 1.37. The second-order valence-corrected chi connectivity index (χ2v) is 5.42. The van der Waals surface area contributed by atoms with Crippen molar-refractivity contribution in [2.24, 2.45) is 0 Å². The third-order valence-electron chi connectivity index (χ3n) is 2.99. The summed E-state index contributed by atoms with van der Waals surface area (Å²) in [5, 5.41) is 3.75. The van der Waals surface area contributed by atoms with Crippen LogP contribution in [0.2, 0.25) is 5.02 Å².